The monoisotopic (exact) mass is 389 g/mol. The molecule has 0 radical (unpaired) electrons. The first-order chi connectivity index (χ1) is 14.2. The van der Waals surface area contributed by atoms with Crippen molar-refractivity contribution < 1.29 is 4.74 Å². The molecule has 0 spiro atoms. The number of aromatic nitrogens is 2. The highest BCUT2D eigenvalue weighted by Crippen LogP contribution is 2.25. The molecule has 0 atom stereocenters. The molecule has 4 rings (SSSR count). The summed E-state index contributed by atoms with van der Waals surface area (Å²) < 4.78 is 5.46. The number of anilines is 2. The normalized spacial score (nSPS) is 14.6. The van der Waals surface area contributed by atoms with E-state index in [9.17, 15) is 0 Å². The van der Waals surface area contributed by atoms with Gasteiger partial charge < -0.3 is 19.9 Å². The molecule has 2 aromatic carbocycles. The summed E-state index contributed by atoms with van der Waals surface area (Å²) in [6, 6.07) is 20.4. The lowest BCUT2D eigenvalue weighted by Gasteiger charge is -2.33. The molecular weight excluding hydrogens is 362 g/mol. The lowest BCUT2D eigenvalue weighted by atomic mass is 10.1. The third-order valence-corrected chi connectivity index (χ3v) is 5.24. The molecule has 1 aliphatic rings. The highest BCUT2D eigenvalue weighted by atomic mass is 16.5. The Kier molecular flexibility index (Phi) is 5.91. The second kappa shape index (κ2) is 8.92. The van der Waals surface area contributed by atoms with E-state index in [1.54, 1.807) is 7.11 Å². The van der Waals surface area contributed by atoms with E-state index in [2.05, 4.69) is 40.4 Å². The molecule has 1 aliphatic heterocycles. The molecular formula is C23H27N5O. The molecule has 3 aromatic rings. The van der Waals surface area contributed by atoms with E-state index in [0.717, 1.165) is 54.6 Å². The minimum absolute atomic E-state index is 0.602. The van der Waals surface area contributed by atoms with Gasteiger partial charge in [-0.15, -0.1) is 0 Å². The van der Waals surface area contributed by atoms with E-state index < -0.39 is 0 Å². The van der Waals surface area contributed by atoms with E-state index in [1.807, 2.05) is 42.5 Å². The maximum absolute atomic E-state index is 5.46. The van der Waals surface area contributed by atoms with Gasteiger partial charge in [0, 0.05) is 49.9 Å². The molecule has 0 amide bonds. The van der Waals surface area contributed by atoms with Crippen molar-refractivity contribution in [1.29, 1.82) is 0 Å². The van der Waals surface area contributed by atoms with Gasteiger partial charge in [0.25, 0.3) is 0 Å². The predicted molar refractivity (Wildman–Crippen MR) is 117 cm³/mol. The van der Waals surface area contributed by atoms with Gasteiger partial charge >= 0.3 is 0 Å². The van der Waals surface area contributed by atoms with Gasteiger partial charge in [-0.25, -0.2) is 4.98 Å². The van der Waals surface area contributed by atoms with Crippen molar-refractivity contribution in [2.75, 3.05) is 50.6 Å². The van der Waals surface area contributed by atoms with Crippen LogP contribution in [-0.4, -0.2) is 55.2 Å². The minimum Gasteiger partial charge on any atom is -0.496 e. The van der Waals surface area contributed by atoms with Gasteiger partial charge in [-0.1, -0.05) is 48.5 Å². The van der Waals surface area contributed by atoms with Crippen molar-refractivity contribution >= 4 is 11.8 Å². The molecule has 0 saturated carbocycles. The summed E-state index contributed by atoms with van der Waals surface area (Å²) in [6.07, 6.45) is 0. The van der Waals surface area contributed by atoms with Gasteiger partial charge in [0.05, 0.1) is 12.8 Å². The molecule has 1 saturated heterocycles. The maximum Gasteiger partial charge on any atom is 0.225 e. The third kappa shape index (κ3) is 4.66. The van der Waals surface area contributed by atoms with E-state index in [0.29, 0.717) is 12.5 Å². The molecule has 0 bridgehead atoms. The summed E-state index contributed by atoms with van der Waals surface area (Å²) in [7, 11) is 3.85. The number of rotatable bonds is 6. The second-order valence-corrected chi connectivity index (χ2v) is 7.26. The summed E-state index contributed by atoms with van der Waals surface area (Å²) in [5.41, 5.74) is 3.09. The smallest absolute Gasteiger partial charge is 0.225 e. The number of nitrogens with one attached hydrogen (secondary N) is 1. The van der Waals surface area contributed by atoms with E-state index in [1.165, 1.54) is 0 Å². The number of hydrogen-bond acceptors (Lipinski definition) is 6. The average molecular weight is 390 g/mol. The Morgan fingerprint density at radius 1 is 0.931 bits per heavy atom. The molecule has 29 heavy (non-hydrogen) atoms. The Morgan fingerprint density at radius 3 is 2.41 bits per heavy atom. The van der Waals surface area contributed by atoms with Gasteiger partial charge in [0.15, 0.2) is 0 Å². The van der Waals surface area contributed by atoms with Gasteiger partial charge in [0.2, 0.25) is 5.95 Å². The number of piperazine rings is 1. The molecule has 1 aromatic heterocycles. The lowest BCUT2D eigenvalue weighted by molar-refractivity contribution is 0.312. The zero-order valence-corrected chi connectivity index (χ0v) is 17.0. The lowest BCUT2D eigenvalue weighted by Crippen LogP contribution is -2.44. The first-order valence-electron chi connectivity index (χ1n) is 9.97. The molecule has 6 nitrogen and oxygen atoms in total. The Bertz CT molecular complexity index is 939. The summed E-state index contributed by atoms with van der Waals surface area (Å²) in [4.78, 5) is 14.3. The SMILES string of the molecule is COc1ccccc1CNc1nc(-c2ccccc2)cc(N2CCN(C)CC2)n1. The number of likely N-dealkylation sites (N-methyl/N-ethyl adjacent to an activating group) is 1. The van der Waals surface area contributed by atoms with Crippen LogP contribution in [0.15, 0.2) is 60.7 Å². The minimum atomic E-state index is 0.602. The topological polar surface area (TPSA) is 53.5 Å². The number of para-hydroxylation sites is 1. The second-order valence-electron chi connectivity index (χ2n) is 7.26. The third-order valence-electron chi connectivity index (χ3n) is 5.24. The van der Waals surface area contributed by atoms with Crippen molar-refractivity contribution in [2.24, 2.45) is 0 Å². The van der Waals surface area contributed by atoms with E-state index in [-0.39, 0.29) is 0 Å². The standard InChI is InChI=1S/C23H27N5O/c1-27-12-14-28(15-13-27)22-16-20(18-8-4-3-5-9-18)25-23(26-22)24-17-19-10-6-7-11-21(19)29-2/h3-11,16H,12-15,17H2,1-2H3,(H,24,25,26). The van der Waals surface area contributed by atoms with Gasteiger partial charge in [-0.2, -0.15) is 4.98 Å². The zero-order chi connectivity index (χ0) is 20.1. The van der Waals surface area contributed by atoms with Crippen LogP contribution in [0.3, 0.4) is 0 Å². The Morgan fingerprint density at radius 2 is 1.66 bits per heavy atom. The van der Waals surface area contributed by atoms with Crippen LogP contribution < -0.4 is 15.0 Å². The van der Waals surface area contributed by atoms with Crippen molar-refractivity contribution in [3.8, 4) is 17.0 Å². The summed E-state index contributed by atoms with van der Waals surface area (Å²) in [5.74, 6) is 2.46. The van der Waals surface area contributed by atoms with Crippen molar-refractivity contribution in [3.05, 3.63) is 66.2 Å². The fraction of sp³-hybridized carbons (Fsp3) is 0.304. The maximum atomic E-state index is 5.46. The predicted octanol–water partition coefficient (Wildman–Crippen LogP) is 3.52. The number of nitrogens with zero attached hydrogens (tertiary/aromatic N) is 4. The molecule has 1 fully saturated rings. The molecule has 150 valence electrons. The molecule has 0 aliphatic carbocycles. The number of methoxy groups -OCH3 is 1. The van der Waals surface area contributed by atoms with E-state index in [4.69, 9.17) is 14.7 Å². The molecule has 2 heterocycles. The quantitative estimate of drug-likeness (QED) is 0.696. The first-order valence-corrected chi connectivity index (χ1v) is 9.97. The van der Waals surface area contributed by atoms with Crippen LogP contribution in [-0.2, 0) is 6.54 Å². The van der Waals surface area contributed by atoms with Gasteiger partial charge in [0.1, 0.15) is 11.6 Å². The van der Waals surface area contributed by atoms with Crippen molar-refractivity contribution in [2.45, 2.75) is 6.54 Å². The van der Waals surface area contributed by atoms with Crippen LogP contribution in [0, 0.1) is 0 Å². The highest BCUT2D eigenvalue weighted by Gasteiger charge is 2.17. The van der Waals surface area contributed by atoms with Crippen molar-refractivity contribution in [3.63, 3.8) is 0 Å². The first kappa shape index (κ1) is 19.2. The van der Waals surface area contributed by atoms with E-state index >= 15 is 0 Å². The molecule has 1 N–H and O–H groups in total. The van der Waals surface area contributed by atoms with Crippen LogP contribution in [0.1, 0.15) is 5.56 Å². The van der Waals surface area contributed by atoms with Crippen LogP contribution in [0.2, 0.25) is 0 Å². The Labute approximate surface area is 172 Å². The number of hydrogen-bond donors (Lipinski definition) is 1. The zero-order valence-electron chi connectivity index (χ0n) is 17.0. The number of ether oxygens (including phenoxy) is 1. The largest absolute Gasteiger partial charge is 0.496 e. The van der Waals surface area contributed by atoms with Crippen LogP contribution >= 0.6 is 0 Å². The summed E-state index contributed by atoms with van der Waals surface area (Å²) in [6.45, 7) is 4.61. The van der Waals surface area contributed by atoms with Gasteiger partial charge in [-0.3, -0.25) is 0 Å². The van der Waals surface area contributed by atoms with Crippen LogP contribution in [0.5, 0.6) is 5.75 Å². The Balaban J connectivity index is 1.62. The highest BCUT2D eigenvalue weighted by molar-refractivity contribution is 5.65. The van der Waals surface area contributed by atoms with Crippen LogP contribution in [0.4, 0.5) is 11.8 Å². The Hall–Kier alpha value is -3.12. The fourth-order valence-corrected chi connectivity index (χ4v) is 3.49. The number of benzene rings is 2. The van der Waals surface area contributed by atoms with Gasteiger partial charge in [-0.05, 0) is 13.1 Å². The fourth-order valence-electron chi connectivity index (χ4n) is 3.49. The summed E-state index contributed by atoms with van der Waals surface area (Å²) in [5, 5.41) is 3.39. The van der Waals surface area contributed by atoms with Crippen LogP contribution in [0.25, 0.3) is 11.3 Å². The van der Waals surface area contributed by atoms with Crippen molar-refractivity contribution in [1.82, 2.24) is 14.9 Å². The molecule has 6 heteroatoms. The molecule has 0 unspecified atom stereocenters. The summed E-state index contributed by atoms with van der Waals surface area (Å²) >= 11 is 0. The average Bonchev–Trinajstić information content (AvgIpc) is 2.79.